The van der Waals surface area contributed by atoms with Crippen molar-refractivity contribution >= 4 is 27.3 Å². The van der Waals surface area contributed by atoms with Crippen molar-refractivity contribution in [3.63, 3.8) is 0 Å². The molecule has 0 unspecified atom stereocenters. The van der Waals surface area contributed by atoms with E-state index in [0.29, 0.717) is 5.92 Å². The summed E-state index contributed by atoms with van der Waals surface area (Å²) in [5, 5.41) is 4.05. The second kappa shape index (κ2) is 6.78. The number of rotatable bonds is 5. The van der Waals surface area contributed by atoms with Crippen molar-refractivity contribution in [1.29, 1.82) is 0 Å². The predicted octanol–water partition coefficient (Wildman–Crippen LogP) is 4.63. The first-order valence-corrected chi connectivity index (χ1v) is 8.20. The average Bonchev–Trinajstić information content (AvgIpc) is 2.75. The molecule has 0 spiro atoms. The Balaban J connectivity index is 2.44. The van der Waals surface area contributed by atoms with Crippen LogP contribution in [-0.2, 0) is 13.0 Å². The zero-order valence-electron chi connectivity index (χ0n) is 11.8. The van der Waals surface area contributed by atoms with Crippen molar-refractivity contribution in [3.8, 4) is 10.6 Å². The zero-order valence-corrected chi connectivity index (χ0v) is 14.2. The molecule has 108 valence electrons. The molecule has 5 heteroatoms. The summed E-state index contributed by atoms with van der Waals surface area (Å²) in [7, 11) is 1.93. The van der Waals surface area contributed by atoms with Crippen molar-refractivity contribution < 1.29 is 4.39 Å². The topological polar surface area (TPSA) is 24.9 Å². The van der Waals surface area contributed by atoms with Crippen LogP contribution in [0.15, 0.2) is 22.7 Å². The maximum atomic E-state index is 13.4. The highest BCUT2D eigenvalue weighted by Crippen LogP contribution is 2.34. The highest BCUT2D eigenvalue weighted by atomic mass is 79.9. The van der Waals surface area contributed by atoms with Crippen LogP contribution in [0.2, 0.25) is 0 Å². The van der Waals surface area contributed by atoms with E-state index in [4.69, 9.17) is 4.98 Å². The molecule has 0 saturated heterocycles. The molecule has 2 nitrogen and oxygen atoms in total. The van der Waals surface area contributed by atoms with Gasteiger partial charge in [0.15, 0.2) is 0 Å². The van der Waals surface area contributed by atoms with Crippen molar-refractivity contribution in [2.45, 2.75) is 26.8 Å². The Morgan fingerprint density at radius 2 is 2.15 bits per heavy atom. The molecule has 20 heavy (non-hydrogen) atoms. The summed E-state index contributed by atoms with van der Waals surface area (Å²) in [6.45, 7) is 5.16. The maximum absolute atomic E-state index is 13.4. The fraction of sp³-hybridized carbons (Fsp3) is 0.400. The Kier molecular flexibility index (Phi) is 5.29. The molecule has 2 aromatic rings. The lowest BCUT2D eigenvalue weighted by Crippen LogP contribution is -2.07. The number of aromatic nitrogens is 1. The third kappa shape index (κ3) is 3.65. The summed E-state index contributed by atoms with van der Waals surface area (Å²) >= 11 is 5.11. The average molecular weight is 357 g/mol. The fourth-order valence-corrected chi connectivity index (χ4v) is 3.70. The van der Waals surface area contributed by atoms with E-state index in [1.54, 1.807) is 17.4 Å². The van der Waals surface area contributed by atoms with Crippen molar-refractivity contribution in [2.75, 3.05) is 7.05 Å². The van der Waals surface area contributed by atoms with Crippen LogP contribution < -0.4 is 5.32 Å². The van der Waals surface area contributed by atoms with E-state index in [0.717, 1.165) is 33.7 Å². The Morgan fingerprint density at radius 3 is 2.80 bits per heavy atom. The summed E-state index contributed by atoms with van der Waals surface area (Å²) in [6.07, 6.45) is 0.945. The van der Waals surface area contributed by atoms with Crippen LogP contribution in [0.25, 0.3) is 10.6 Å². The van der Waals surface area contributed by atoms with Crippen LogP contribution in [0.5, 0.6) is 0 Å². The van der Waals surface area contributed by atoms with E-state index < -0.39 is 0 Å². The molecule has 0 aliphatic heterocycles. The van der Waals surface area contributed by atoms with Gasteiger partial charge in [0.1, 0.15) is 10.8 Å². The van der Waals surface area contributed by atoms with Gasteiger partial charge in [-0.2, -0.15) is 0 Å². The van der Waals surface area contributed by atoms with Crippen LogP contribution in [0, 0.1) is 11.7 Å². The Hall–Kier alpha value is -0.780. The molecule has 1 aromatic carbocycles. The molecule has 1 aromatic heterocycles. The van der Waals surface area contributed by atoms with E-state index in [-0.39, 0.29) is 5.82 Å². The van der Waals surface area contributed by atoms with Gasteiger partial charge in [0, 0.05) is 21.5 Å². The molecule has 0 fully saturated rings. The minimum absolute atomic E-state index is 0.237. The molecule has 0 amide bonds. The molecule has 1 N–H and O–H groups in total. The predicted molar refractivity (Wildman–Crippen MR) is 86.5 cm³/mol. The van der Waals surface area contributed by atoms with E-state index in [9.17, 15) is 4.39 Å². The van der Waals surface area contributed by atoms with Crippen LogP contribution in [-0.4, -0.2) is 12.0 Å². The summed E-state index contributed by atoms with van der Waals surface area (Å²) in [6, 6.07) is 4.71. The van der Waals surface area contributed by atoms with Gasteiger partial charge < -0.3 is 5.32 Å². The lowest BCUT2D eigenvalue weighted by molar-refractivity contribution is 0.627. The van der Waals surface area contributed by atoms with Crippen molar-refractivity contribution in [3.05, 3.63) is 39.1 Å². The van der Waals surface area contributed by atoms with Gasteiger partial charge in [-0.25, -0.2) is 9.37 Å². The molecule has 0 bridgehead atoms. The van der Waals surface area contributed by atoms with E-state index in [1.807, 2.05) is 7.05 Å². The van der Waals surface area contributed by atoms with Crippen molar-refractivity contribution in [1.82, 2.24) is 10.3 Å². The molecule has 1 heterocycles. The Bertz CT molecular complexity index is 596. The summed E-state index contributed by atoms with van der Waals surface area (Å²) < 4.78 is 14.3. The number of hydrogen-bond acceptors (Lipinski definition) is 3. The largest absolute Gasteiger partial charge is 0.315 e. The van der Waals surface area contributed by atoms with Gasteiger partial charge in [0.2, 0.25) is 0 Å². The fourth-order valence-electron chi connectivity index (χ4n) is 2.00. The van der Waals surface area contributed by atoms with Crippen LogP contribution in [0.4, 0.5) is 4.39 Å². The molecule has 0 saturated carbocycles. The zero-order chi connectivity index (χ0) is 14.7. The third-order valence-electron chi connectivity index (χ3n) is 2.88. The molecule has 2 rings (SSSR count). The molecular weight excluding hydrogens is 339 g/mol. The highest BCUT2D eigenvalue weighted by Gasteiger charge is 2.15. The van der Waals surface area contributed by atoms with Gasteiger partial charge >= 0.3 is 0 Å². The molecule has 0 atom stereocenters. The van der Waals surface area contributed by atoms with Crippen LogP contribution in [0.3, 0.4) is 0 Å². The Labute approximate surface area is 131 Å². The van der Waals surface area contributed by atoms with Gasteiger partial charge in [-0.05, 0) is 37.6 Å². The summed E-state index contributed by atoms with van der Waals surface area (Å²) in [4.78, 5) is 5.95. The molecule has 0 radical (unpaired) electrons. The maximum Gasteiger partial charge on any atom is 0.125 e. The molecule has 0 aliphatic rings. The third-order valence-corrected chi connectivity index (χ3v) is 4.70. The number of hydrogen-bond donors (Lipinski definition) is 1. The van der Waals surface area contributed by atoms with Crippen LogP contribution in [0.1, 0.15) is 24.4 Å². The second-order valence-corrected chi connectivity index (χ2v) is 7.08. The first-order chi connectivity index (χ1) is 9.51. The number of thiazole rings is 1. The monoisotopic (exact) mass is 356 g/mol. The van der Waals surface area contributed by atoms with E-state index >= 15 is 0 Å². The van der Waals surface area contributed by atoms with Crippen LogP contribution >= 0.6 is 27.3 Å². The van der Waals surface area contributed by atoms with Gasteiger partial charge in [0.05, 0.1) is 5.69 Å². The lowest BCUT2D eigenvalue weighted by atomic mass is 10.1. The number of halogens is 2. The minimum Gasteiger partial charge on any atom is -0.315 e. The van der Waals surface area contributed by atoms with Gasteiger partial charge in [-0.3, -0.25) is 0 Å². The Morgan fingerprint density at radius 1 is 1.40 bits per heavy atom. The summed E-state index contributed by atoms with van der Waals surface area (Å²) in [5.41, 5.74) is 1.94. The molecular formula is C15H18BrFN2S. The normalized spacial score (nSPS) is 11.3. The standard InChI is InChI=1S/C15H18BrFN2S/c1-9(2)6-13-14(8-18-3)20-15(19-13)11-7-10(17)4-5-12(11)16/h4-5,7,9,18H,6,8H2,1-3H3. The number of nitrogens with one attached hydrogen (secondary N) is 1. The van der Waals surface area contributed by atoms with Gasteiger partial charge in [-0.1, -0.05) is 29.8 Å². The smallest absolute Gasteiger partial charge is 0.125 e. The first-order valence-electron chi connectivity index (χ1n) is 6.60. The minimum atomic E-state index is -0.237. The lowest BCUT2D eigenvalue weighted by Gasteiger charge is -2.04. The second-order valence-electron chi connectivity index (χ2n) is 5.14. The van der Waals surface area contributed by atoms with E-state index in [2.05, 4.69) is 35.1 Å². The summed E-state index contributed by atoms with van der Waals surface area (Å²) in [5.74, 6) is 0.315. The van der Waals surface area contributed by atoms with Crippen molar-refractivity contribution in [2.24, 2.45) is 5.92 Å². The number of nitrogens with zero attached hydrogens (tertiary/aromatic N) is 1. The number of benzene rings is 1. The quantitative estimate of drug-likeness (QED) is 0.844. The first kappa shape index (κ1) is 15.6. The van der Waals surface area contributed by atoms with E-state index in [1.165, 1.54) is 17.0 Å². The highest BCUT2D eigenvalue weighted by molar-refractivity contribution is 9.10. The van der Waals surface area contributed by atoms with Gasteiger partial charge in [-0.15, -0.1) is 11.3 Å². The van der Waals surface area contributed by atoms with Gasteiger partial charge in [0.25, 0.3) is 0 Å². The molecule has 0 aliphatic carbocycles. The SMILES string of the molecule is CNCc1sc(-c2cc(F)ccc2Br)nc1CC(C)C.